The zero-order chi connectivity index (χ0) is 21.3. The Labute approximate surface area is 176 Å². The largest absolute Gasteiger partial charge is 0.289 e. The van der Waals surface area contributed by atoms with Crippen molar-refractivity contribution in [2.24, 2.45) is 5.92 Å². The Hall–Kier alpha value is -2.41. The van der Waals surface area contributed by atoms with Crippen LogP contribution in [0.2, 0.25) is 0 Å². The van der Waals surface area contributed by atoms with E-state index in [1.807, 2.05) is 0 Å². The molecule has 1 fully saturated rings. The van der Waals surface area contributed by atoms with Crippen LogP contribution in [0, 0.1) is 47.5 Å². The van der Waals surface area contributed by atoms with Crippen molar-refractivity contribution in [3.8, 4) is 0 Å². The lowest BCUT2D eigenvalue weighted by Crippen LogP contribution is -2.20. The third-order valence-corrected chi connectivity index (χ3v) is 6.29. The van der Waals surface area contributed by atoms with E-state index in [1.54, 1.807) is 0 Å². The fourth-order valence-electron chi connectivity index (χ4n) is 4.81. The van der Waals surface area contributed by atoms with Crippen LogP contribution in [0.15, 0.2) is 35.4 Å². The Kier molecular flexibility index (Phi) is 6.27. The molecule has 0 saturated heterocycles. The van der Waals surface area contributed by atoms with Crippen molar-refractivity contribution >= 4 is 17.9 Å². The molecule has 1 aliphatic rings. The van der Waals surface area contributed by atoms with Gasteiger partial charge in [-0.3, -0.25) is 4.79 Å². The molecule has 0 aromatic heterocycles. The third-order valence-electron chi connectivity index (χ3n) is 6.29. The van der Waals surface area contributed by atoms with E-state index < -0.39 is 0 Å². The van der Waals surface area contributed by atoms with Gasteiger partial charge in [0.1, 0.15) is 0 Å². The van der Waals surface area contributed by atoms with Crippen LogP contribution in [0.1, 0.15) is 70.7 Å². The minimum Gasteiger partial charge on any atom is -0.289 e. The average molecular weight is 387 g/mol. The molecule has 0 aliphatic heterocycles. The molecule has 1 heteroatoms. The number of Topliss-reactive ketones (excluding diaryl/α,β-unsaturated/α-hetero) is 1. The average Bonchev–Trinajstić information content (AvgIpc) is 2.63. The molecule has 0 amide bonds. The van der Waals surface area contributed by atoms with Gasteiger partial charge in [0.25, 0.3) is 0 Å². The molecule has 1 saturated carbocycles. The van der Waals surface area contributed by atoms with E-state index in [4.69, 9.17) is 0 Å². The zero-order valence-corrected chi connectivity index (χ0v) is 19.1. The van der Waals surface area contributed by atoms with Crippen LogP contribution in [0.3, 0.4) is 0 Å². The van der Waals surface area contributed by atoms with Gasteiger partial charge in [0.2, 0.25) is 0 Å². The lowest BCUT2D eigenvalue weighted by Gasteiger charge is -2.25. The van der Waals surface area contributed by atoms with Gasteiger partial charge in [-0.05, 0) is 106 Å². The van der Waals surface area contributed by atoms with E-state index in [0.29, 0.717) is 5.92 Å². The summed E-state index contributed by atoms with van der Waals surface area (Å²) in [6, 6.07) is 8.83. The number of carbonyl (C=O) groups is 1. The first-order valence-corrected chi connectivity index (χ1v) is 10.8. The summed E-state index contributed by atoms with van der Waals surface area (Å²) >= 11 is 0. The van der Waals surface area contributed by atoms with Gasteiger partial charge in [0, 0.05) is 11.1 Å². The van der Waals surface area contributed by atoms with Gasteiger partial charge in [-0.15, -0.1) is 0 Å². The highest BCUT2D eigenvalue weighted by Gasteiger charge is 2.27. The summed E-state index contributed by atoms with van der Waals surface area (Å²) in [6.07, 6.45) is 7.18. The summed E-state index contributed by atoms with van der Waals surface area (Å²) in [6.45, 7) is 15.1. The number of aryl methyl sites for hydroxylation is 6. The lowest BCUT2D eigenvalue weighted by molar-refractivity contribution is -0.113. The quantitative estimate of drug-likeness (QED) is 0.502. The number of carbonyl (C=O) groups excluding carboxylic acids is 1. The van der Waals surface area contributed by atoms with Gasteiger partial charge in [0.15, 0.2) is 5.78 Å². The van der Waals surface area contributed by atoms with Gasteiger partial charge < -0.3 is 0 Å². The minimum atomic E-state index is 0.230. The van der Waals surface area contributed by atoms with Crippen molar-refractivity contribution in [3.63, 3.8) is 0 Å². The number of hydrogen-bond acceptors (Lipinski definition) is 1. The number of ketones is 1. The molecule has 1 aliphatic carbocycles. The highest BCUT2D eigenvalue weighted by molar-refractivity contribution is 6.14. The van der Waals surface area contributed by atoms with Crippen LogP contribution >= 0.6 is 0 Å². The number of benzene rings is 2. The highest BCUT2D eigenvalue weighted by Crippen LogP contribution is 2.35. The molecular formula is C28H34O. The van der Waals surface area contributed by atoms with Crippen LogP contribution in [0.5, 0.6) is 0 Å². The molecule has 0 heterocycles. The fourth-order valence-corrected chi connectivity index (χ4v) is 4.81. The minimum absolute atomic E-state index is 0.230. The van der Waals surface area contributed by atoms with E-state index in [-0.39, 0.29) is 5.78 Å². The van der Waals surface area contributed by atoms with E-state index >= 15 is 0 Å². The van der Waals surface area contributed by atoms with E-state index in [2.05, 4.69) is 84.9 Å². The van der Waals surface area contributed by atoms with Crippen molar-refractivity contribution < 1.29 is 4.79 Å². The van der Waals surface area contributed by atoms with Crippen LogP contribution in [0.25, 0.3) is 12.2 Å². The standard InChI is InChI=1S/C28H34O/c1-8-23-13-24(15-26-19(4)9-17(2)10-20(26)5)28(29)25(14-23)16-27-21(6)11-18(3)12-22(27)7/h9-12,15-16,23H,8,13-14H2,1-7H3/b24-15-,25-16+. The van der Waals surface area contributed by atoms with Gasteiger partial charge in [-0.25, -0.2) is 0 Å². The van der Waals surface area contributed by atoms with Gasteiger partial charge in [-0.1, -0.05) is 48.7 Å². The molecule has 0 N–H and O–H groups in total. The first kappa shape index (κ1) is 21.3. The predicted octanol–water partition coefficient (Wildman–Crippen LogP) is 7.39. The Morgan fingerprint density at radius 3 is 1.38 bits per heavy atom. The third kappa shape index (κ3) is 4.61. The number of hydrogen-bond donors (Lipinski definition) is 0. The summed E-state index contributed by atoms with van der Waals surface area (Å²) < 4.78 is 0. The van der Waals surface area contributed by atoms with E-state index in [1.165, 1.54) is 44.5 Å². The van der Waals surface area contributed by atoms with Crippen LogP contribution in [-0.2, 0) is 4.79 Å². The second-order valence-corrected chi connectivity index (χ2v) is 8.98. The molecule has 29 heavy (non-hydrogen) atoms. The maximum absolute atomic E-state index is 13.4. The van der Waals surface area contributed by atoms with Crippen molar-refractivity contribution in [2.75, 3.05) is 0 Å². The van der Waals surface area contributed by atoms with Crippen molar-refractivity contribution in [1.82, 2.24) is 0 Å². The summed E-state index contributed by atoms with van der Waals surface area (Å²) in [7, 11) is 0. The van der Waals surface area contributed by atoms with Crippen LogP contribution < -0.4 is 0 Å². The molecule has 0 bridgehead atoms. The topological polar surface area (TPSA) is 17.1 Å². The molecular weight excluding hydrogens is 352 g/mol. The normalized spacial score (nSPS) is 20.0. The summed E-state index contributed by atoms with van der Waals surface area (Å²) in [5.41, 5.74) is 11.9. The van der Waals surface area contributed by atoms with Gasteiger partial charge >= 0.3 is 0 Å². The summed E-state index contributed by atoms with van der Waals surface area (Å²) in [5, 5.41) is 0. The molecule has 3 rings (SSSR count). The summed E-state index contributed by atoms with van der Waals surface area (Å²) in [4.78, 5) is 13.4. The first-order chi connectivity index (χ1) is 13.7. The van der Waals surface area contributed by atoms with Crippen molar-refractivity contribution in [1.29, 1.82) is 0 Å². The highest BCUT2D eigenvalue weighted by atomic mass is 16.1. The Morgan fingerprint density at radius 2 is 1.07 bits per heavy atom. The second kappa shape index (κ2) is 8.53. The predicted molar refractivity (Wildman–Crippen MR) is 125 cm³/mol. The molecule has 1 atom stereocenters. The molecule has 152 valence electrons. The van der Waals surface area contributed by atoms with Gasteiger partial charge in [-0.2, -0.15) is 0 Å². The maximum Gasteiger partial charge on any atom is 0.185 e. The SMILES string of the molecule is CCC1C/C(=C/c2c(C)cc(C)cc2C)C(=O)/C(=C/c2c(C)cc(C)cc2C)C1. The monoisotopic (exact) mass is 386 g/mol. The second-order valence-electron chi connectivity index (χ2n) is 8.98. The smallest absolute Gasteiger partial charge is 0.185 e. The Balaban J connectivity index is 2.07. The van der Waals surface area contributed by atoms with Crippen molar-refractivity contribution in [2.45, 2.75) is 67.7 Å². The first-order valence-electron chi connectivity index (χ1n) is 10.8. The Morgan fingerprint density at radius 1 is 0.724 bits per heavy atom. The Bertz CT molecular complexity index is 891. The fraction of sp³-hybridized carbons (Fsp3) is 0.393. The maximum atomic E-state index is 13.4. The van der Waals surface area contributed by atoms with Crippen LogP contribution in [0.4, 0.5) is 0 Å². The lowest BCUT2D eigenvalue weighted by atomic mass is 9.78. The van der Waals surface area contributed by atoms with Gasteiger partial charge in [0.05, 0.1) is 0 Å². The molecule has 2 aromatic carbocycles. The molecule has 0 spiro atoms. The molecule has 2 aromatic rings. The number of allylic oxidation sites excluding steroid dienone is 2. The zero-order valence-electron chi connectivity index (χ0n) is 19.1. The number of rotatable bonds is 3. The molecule has 0 radical (unpaired) electrons. The summed E-state index contributed by atoms with van der Waals surface area (Å²) in [5.74, 6) is 0.760. The molecule has 1 unspecified atom stereocenters. The molecule has 1 nitrogen and oxygen atoms in total. The van der Waals surface area contributed by atoms with E-state index in [9.17, 15) is 4.79 Å². The van der Waals surface area contributed by atoms with E-state index in [0.717, 1.165) is 30.4 Å². The van der Waals surface area contributed by atoms with Crippen LogP contribution in [-0.4, -0.2) is 5.78 Å². The van der Waals surface area contributed by atoms with Crippen molar-refractivity contribution in [3.05, 3.63) is 79.9 Å².